The van der Waals surface area contributed by atoms with Gasteiger partial charge in [-0.25, -0.2) is 0 Å². The molecular formula is C21H23Cl2N3O3. The Labute approximate surface area is 180 Å². The van der Waals surface area contributed by atoms with E-state index in [2.05, 4.69) is 10.2 Å². The highest BCUT2D eigenvalue weighted by Gasteiger charge is 2.21. The van der Waals surface area contributed by atoms with E-state index in [9.17, 15) is 9.59 Å². The van der Waals surface area contributed by atoms with Crippen LogP contribution in [0.15, 0.2) is 48.5 Å². The second-order valence-corrected chi connectivity index (χ2v) is 7.48. The highest BCUT2D eigenvalue weighted by Crippen LogP contribution is 2.23. The fraction of sp³-hybridized carbons (Fsp3) is 0.333. The Morgan fingerprint density at radius 3 is 2.28 bits per heavy atom. The zero-order valence-corrected chi connectivity index (χ0v) is 17.5. The zero-order valence-electron chi connectivity index (χ0n) is 15.9. The summed E-state index contributed by atoms with van der Waals surface area (Å²) in [6.07, 6.45) is 0. The van der Waals surface area contributed by atoms with Gasteiger partial charge >= 0.3 is 0 Å². The summed E-state index contributed by atoms with van der Waals surface area (Å²) in [5.41, 5.74) is 0.366. The fourth-order valence-corrected chi connectivity index (χ4v) is 3.49. The van der Waals surface area contributed by atoms with Crippen LogP contribution in [-0.4, -0.2) is 67.5 Å². The quantitative estimate of drug-likeness (QED) is 0.725. The zero-order chi connectivity index (χ0) is 20.6. The number of nitrogens with zero attached hydrogens (tertiary/aromatic N) is 2. The molecule has 0 saturated carbocycles. The predicted molar refractivity (Wildman–Crippen MR) is 114 cm³/mol. The average molecular weight is 436 g/mol. The molecule has 6 nitrogen and oxygen atoms in total. The smallest absolute Gasteiger partial charge is 0.253 e. The molecule has 1 aliphatic rings. The molecule has 1 aliphatic heterocycles. The van der Waals surface area contributed by atoms with Crippen LogP contribution in [0.25, 0.3) is 0 Å². The normalized spacial score (nSPS) is 14.5. The number of hydrogen-bond acceptors (Lipinski definition) is 4. The average Bonchev–Trinajstić information content (AvgIpc) is 2.74. The Bertz CT molecular complexity index is 855. The monoisotopic (exact) mass is 435 g/mol. The number of nitrogens with one attached hydrogen (secondary N) is 1. The third-order valence-corrected chi connectivity index (χ3v) is 5.39. The third kappa shape index (κ3) is 6.10. The van der Waals surface area contributed by atoms with Crippen molar-refractivity contribution in [3.63, 3.8) is 0 Å². The molecular weight excluding hydrogens is 413 g/mol. The molecule has 3 rings (SSSR count). The van der Waals surface area contributed by atoms with Crippen molar-refractivity contribution < 1.29 is 14.3 Å². The summed E-state index contributed by atoms with van der Waals surface area (Å²) in [4.78, 5) is 28.5. The molecule has 1 saturated heterocycles. The van der Waals surface area contributed by atoms with E-state index in [0.717, 1.165) is 19.6 Å². The van der Waals surface area contributed by atoms with Gasteiger partial charge in [-0.2, -0.15) is 0 Å². The molecule has 0 unspecified atom stereocenters. The van der Waals surface area contributed by atoms with Gasteiger partial charge in [0.2, 0.25) is 5.91 Å². The molecule has 2 aromatic carbocycles. The van der Waals surface area contributed by atoms with E-state index in [4.69, 9.17) is 27.9 Å². The second-order valence-electron chi connectivity index (χ2n) is 6.66. The number of ether oxygens (including phenoxy) is 1. The molecule has 0 aromatic heterocycles. The van der Waals surface area contributed by atoms with Gasteiger partial charge in [-0.3, -0.25) is 14.5 Å². The number of carbonyl (C=O) groups excluding carboxylic acids is 2. The highest BCUT2D eigenvalue weighted by molar-refractivity contribution is 6.33. The van der Waals surface area contributed by atoms with Crippen molar-refractivity contribution in [2.24, 2.45) is 0 Å². The first-order chi connectivity index (χ1) is 14.0. The minimum atomic E-state index is -0.348. The SMILES string of the molecule is O=C(NCC(=O)N1CCN(CCOc2ccccc2Cl)CC1)c1ccccc1Cl. The van der Waals surface area contributed by atoms with E-state index in [-0.39, 0.29) is 18.4 Å². The first kappa shape index (κ1) is 21.4. The maximum Gasteiger partial charge on any atom is 0.253 e. The van der Waals surface area contributed by atoms with Crippen molar-refractivity contribution in [3.05, 3.63) is 64.1 Å². The third-order valence-electron chi connectivity index (χ3n) is 4.75. The lowest BCUT2D eigenvalue weighted by molar-refractivity contribution is -0.131. The Morgan fingerprint density at radius 1 is 0.931 bits per heavy atom. The Hall–Kier alpha value is -2.28. The number of benzene rings is 2. The van der Waals surface area contributed by atoms with E-state index < -0.39 is 0 Å². The van der Waals surface area contributed by atoms with Crippen LogP contribution in [0.5, 0.6) is 5.75 Å². The Balaban J connectivity index is 1.36. The van der Waals surface area contributed by atoms with Crippen LogP contribution in [0.4, 0.5) is 0 Å². The summed E-state index contributed by atoms with van der Waals surface area (Å²) in [5, 5.41) is 3.61. The lowest BCUT2D eigenvalue weighted by Gasteiger charge is -2.34. The molecule has 2 amide bonds. The van der Waals surface area contributed by atoms with Gasteiger partial charge < -0.3 is 15.0 Å². The van der Waals surface area contributed by atoms with E-state index in [0.29, 0.717) is 41.1 Å². The van der Waals surface area contributed by atoms with Crippen molar-refractivity contribution in [1.29, 1.82) is 0 Å². The number of hydrogen-bond donors (Lipinski definition) is 1. The predicted octanol–water partition coefficient (Wildman–Crippen LogP) is 2.95. The van der Waals surface area contributed by atoms with E-state index in [1.165, 1.54) is 0 Å². The minimum absolute atomic E-state index is 0.0420. The standard InChI is InChI=1S/C21H23Cl2N3O3/c22-17-6-2-1-5-16(17)21(28)24-15-20(27)26-11-9-25(10-12-26)13-14-29-19-8-4-3-7-18(19)23/h1-8H,9-15H2,(H,24,28). The van der Waals surface area contributed by atoms with Crippen LogP contribution >= 0.6 is 23.2 Å². The molecule has 8 heteroatoms. The van der Waals surface area contributed by atoms with Crippen LogP contribution < -0.4 is 10.1 Å². The van der Waals surface area contributed by atoms with Crippen molar-refractivity contribution in [3.8, 4) is 5.75 Å². The molecule has 0 radical (unpaired) electrons. The topological polar surface area (TPSA) is 61.9 Å². The second kappa shape index (κ2) is 10.5. The van der Waals surface area contributed by atoms with Gasteiger partial charge in [-0.15, -0.1) is 0 Å². The molecule has 1 heterocycles. The molecule has 0 spiro atoms. The number of rotatable bonds is 7. The summed E-state index contributed by atoms with van der Waals surface area (Å²) in [6.45, 7) is 4.01. The molecule has 1 N–H and O–H groups in total. The summed E-state index contributed by atoms with van der Waals surface area (Å²) >= 11 is 12.1. The maximum absolute atomic E-state index is 12.4. The largest absolute Gasteiger partial charge is 0.491 e. The number of para-hydroxylation sites is 1. The lowest BCUT2D eigenvalue weighted by Crippen LogP contribution is -2.51. The number of piperazine rings is 1. The number of amides is 2. The van der Waals surface area contributed by atoms with Crippen molar-refractivity contribution >= 4 is 35.0 Å². The first-order valence-electron chi connectivity index (χ1n) is 9.45. The summed E-state index contributed by atoms with van der Waals surface area (Å²) < 4.78 is 5.72. The molecule has 1 fully saturated rings. The van der Waals surface area contributed by atoms with Gasteiger partial charge in [0.1, 0.15) is 12.4 Å². The minimum Gasteiger partial charge on any atom is -0.491 e. The van der Waals surface area contributed by atoms with Gasteiger partial charge in [-0.05, 0) is 24.3 Å². The van der Waals surface area contributed by atoms with Crippen LogP contribution in [0.1, 0.15) is 10.4 Å². The molecule has 2 aromatic rings. The maximum atomic E-state index is 12.4. The highest BCUT2D eigenvalue weighted by atomic mass is 35.5. The first-order valence-corrected chi connectivity index (χ1v) is 10.2. The summed E-state index contributed by atoms with van der Waals surface area (Å²) in [5.74, 6) is 0.230. The van der Waals surface area contributed by atoms with Gasteiger partial charge in [-0.1, -0.05) is 47.5 Å². The van der Waals surface area contributed by atoms with E-state index >= 15 is 0 Å². The van der Waals surface area contributed by atoms with Crippen molar-refractivity contribution in [1.82, 2.24) is 15.1 Å². The van der Waals surface area contributed by atoms with E-state index in [1.54, 1.807) is 35.2 Å². The van der Waals surface area contributed by atoms with Gasteiger partial charge in [0, 0.05) is 32.7 Å². The Kier molecular flexibility index (Phi) is 7.75. The molecule has 0 atom stereocenters. The van der Waals surface area contributed by atoms with Crippen LogP contribution in [0, 0.1) is 0 Å². The number of halogens is 2. The summed E-state index contributed by atoms with van der Waals surface area (Å²) in [7, 11) is 0. The van der Waals surface area contributed by atoms with Crippen LogP contribution in [0.3, 0.4) is 0 Å². The molecule has 154 valence electrons. The molecule has 0 bridgehead atoms. The lowest BCUT2D eigenvalue weighted by atomic mass is 10.2. The van der Waals surface area contributed by atoms with Crippen molar-refractivity contribution in [2.75, 3.05) is 45.9 Å². The number of carbonyl (C=O) groups is 2. The summed E-state index contributed by atoms with van der Waals surface area (Å²) in [6, 6.07) is 14.2. The Morgan fingerprint density at radius 2 is 1.59 bits per heavy atom. The van der Waals surface area contributed by atoms with Crippen LogP contribution in [-0.2, 0) is 4.79 Å². The molecule has 29 heavy (non-hydrogen) atoms. The van der Waals surface area contributed by atoms with Gasteiger partial charge in [0.25, 0.3) is 5.91 Å². The van der Waals surface area contributed by atoms with Gasteiger partial charge in [0.05, 0.1) is 22.2 Å². The van der Waals surface area contributed by atoms with E-state index in [1.807, 2.05) is 18.2 Å². The molecule has 0 aliphatic carbocycles. The van der Waals surface area contributed by atoms with Crippen molar-refractivity contribution in [2.45, 2.75) is 0 Å². The van der Waals surface area contributed by atoms with Gasteiger partial charge in [0.15, 0.2) is 0 Å². The van der Waals surface area contributed by atoms with Crippen LogP contribution in [0.2, 0.25) is 10.0 Å². The fourth-order valence-electron chi connectivity index (χ4n) is 3.08.